The second kappa shape index (κ2) is 8.89. The Labute approximate surface area is 204 Å². The standard InChI is InChI=1S/C26H33N7O2/c1-26(2,34)18-6-8-31(9-7-18)16-19-14-27-25-24(20-4-3-5-22-21(20)15-28-30-22)29-23(17-33(19)25)32-10-12-35-13-11-32/h3-5,14-15,17-18,34H,6-13,16H2,1-2H3,(H,28,30). The third-order valence-corrected chi connectivity index (χ3v) is 7.60. The molecule has 0 radical (unpaired) electrons. The summed E-state index contributed by atoms with van der Waals surface area (Å²) in [7, 11) is 0. The van der Waals surface area contributed by atoms with Crippen LogP contribution in [0.5, 0.6) is 0 Å². The molecule has 2 saturated heterocycles. The number of aliphatic hydroxyl groups is 1. The van der Waals surface area contributed by atoms with Gasteiger partial charge in [0.15, 0.2) is 5.65 Å². The van der Waals surface area contributed by atoms with E-state index in [1.54, 1.807) is 0 Å². The number of benzene rings is 1. The van der Waals surface area contributed by atoms with Crippen molar-refractivity contribution in [1.29, 1.82) is 0 Å². The Bertz CT molecular complexity index is 1320. The topological polar surface area (TPSA) is 94.8 Å². The number of likely N-dealkylation sites (tertiary alicyclic amines) is 1. The smallest absolute Gasteiger partial charge is 0.163 e. The molecule has 0 unspecified atom stereocenters. The van der Waals surface area contributed by atoms with Crippen LogP contribution in [0.4, 0.5) is 5.82 Å². The molecule has 4 aromatic rings. The zero-order valence-electron chi connectivity index (χ0n) is 20.4. The number of aromatic nitrogens is 5. The average Bonchev–Trinajstić information content (AvgIpc) is 3.51. The molecule has 0 saturated carbocycles. The SMILES string of the molecule is CC(C)(O)C1CCN(Cc2cnc3c(-c4cccc5[nH]ncc45)nc(N4CCOCC4)cn23)CC1. The first-order valence-electron chi connectivity index (χ1n) is 12.5. The fourth-order valence-electron chi connectivity index (χ4n) is 5.47. The largest absolute Gasteiger partial charge is 0.390 e. The van der Waals surface area contributed by atoms with Crippen LogP contribution in [0.2, 0.25) is 0 Å². The van der Waals surface area contributed by atoms with Crippen LogP contribution in [-0.2, 0) is 11.3 Å². The summed E-state index contributed by atoms with van der Waals surface area (Å²) < 4.78 is 7.80. The Morgan fingerprint density at radius 2 is 1.91 bits per heavy atom. The number of ether oxygens (including phenoxy) is 1. The number of morpholine rings is 1. The summed E-state index contributed by atoms with van der Waals surface area (Å²) in [4.78, 5) is 14.7. The van der Waals surface area contributed by atoms with Crippen molar-refractivity contribution in [2.45, 2.75) is 38.8 Å². The summed E-state index contributed by atoms with van der Waals surface area (Å²) >= 11 is 0. The molecule has 2 fully saturated rings. The third-order valence-electron chi connectivity index (χ3n) is 7.60. The first kappa shape index (κ1) is 22.5. The first-order valence-corrected chi connectivity index (χ1v) is 12.5. The molecule has 2 aliphatic heterocycles. The van der Waals surface area contributed by atoms with E-state index in [9.17, 15) is 5.11 Å². The van der Waals surface area contributed by atoms with Gasteiger partial charge >= 0.3 is 0 Å². The fraction of sp³-hybridized carbons (Fsp3) is 0.500. The Morgan fingerprint density at radius 1 is 1.11 bits per heavy atom. The van der Waals surface area contributed by atoms with Crippen molar-refractivity contribution < 1.29 is 9.84 Å². The molecule has 0 bridgehead atoms. The first-order chi connectivity index (χ1) is 17.0. The van der Waals surface area contributed by atoms with Gasteiger partial charge in [0.1, 0.15) is 11.5 Å². The maximum Gasteiger partial charge on any atom is 0.163 e. The van der Waals surface area contributed by atoms with E-state index in [2.05, 4.69) is 36.7 Å². The molecule has 2 aliphatic rings. The van der Waals surface area contributed by atoms with Gasteiger partial charge in [-0.3, -0.25) is 14.4 Å². The Hall–Kier alpha value is -3.01. The zero-order chi connectivity index (χ0) is 24.0. The monoisotopic (exact) mass is 475 g/mol. The number of hydrogen-bond donors (Lipinski definition) is 2. The number of fused-ring (bicyclic) bond motifs is 2. The van der Waals surface area contributed by atoms with Crippen LogP contribution in [0, 0.1) is 5.92 Å². The van der Waals surface area contributed by atoms with E-state index >= 15 is 0 Å². The van der Waals surface area contributed by atoms with Crippen LogP contribution in [0.3, 0.4) is 0 Å². The van der Waals surface area contributed by atoms with Crippen molar-refractivity contribution >= 4 is 22.4 Å². The van der Waals surface area contributed by atoms with E-state index in [0.29, 0.717) is 19.1 Å². The third kappa shape index (κ3) is 4.28. The number of nitrogens with one attached hydrogen (secondary N) is 1. The molecular weight excluding hydrogens is 442 g/mol. The molecule has 5 heterocycles. The number of anilines is 1. The predicted molar refractivity (Wildman–Crippen MR) is 135 cm³/mol. The van der Waals surface area contributed by atoms with Crippen LogP contribution in [0.15, 0.2) is 36.8 Å². The molecule has 9 heteroatoms. The highest BCUT2D eigenvalue weighted by molar-refractivity contribution is 5.96. The van der Waals surface area contributed by atoms with Crippen LogP contribution in [0.1, 0.15) is 32.4 Å². The summed E-state index contributed by atoms with van der Waals surface area (Å²) in [5.74, 6) is 1.29. The quantitative estimate of drug-likeness (QED) is 0.458. The van der Waals surface area contributed by atoms with Gasteiger partial charge in [0.05, 0.1) is 48.6 Å². The molecule has 0 amide bonds. The van der Waals surface area contributed by atoms with E-state index in [4.69, 9.17) is 14.7 Å². The van der Waals surface area contributed by atoms with E-state index in [1.165, 1.54) is 0 Å². The number of rotatable bonds is 5. The maximum atomic E-state index is 10.4. The number of hydrogen-bond acceptors (Lipinski definition) is 7. The highest BCUT2D eigenvalue weighted by atomic mass is 16.5. The molecule has 3 aromatic heterocycles. The second-order valence-corrected chi connectivity index (χ2v) is 10.3. The van der Waals surface area contributed by atoms with Crippen molar-refractivity contribution in [3.8, 4) is 11.3 Å². The van der Waals surface area contributed by atoms with Crippen LogP contribution < -0.4 is 4.90 Å². The molecule has 2 N–H and O–H groups in total. The lowest BCUT2D eigenvalue weighted by Crippen LogP contribution is -2.41. The van der Waals surface area contributed by atoms with Gasteiger partial charge in [-0.2, -0.15) is 5.10 Å². The van der Waals surface area contributed by atoms with Crippen molar-refractivity contribution in [1.82, 2.24) is 29.5 Å². The molecule has 0 atom stereocenters. The van der Waals surface area contributed by atoms with Gasteiger partial charge in [-0.05, 0) is 51.8 Å². The summed E-state index contributed by atoms with van der Waals surface area (Å²) in [5, 5.41) is 18.8. The number of nitrogens with zero attached hydrogens (tertiary/aromatic N) is 6. The minimum Gasteiger partial charge on any atom is -0.390 e. The van der Waals surface area contributed by atoms with Crippen LogP contribution in [0.25, 0.3) is 27.8 Å². The number of H-pyrrole nitrogens is 1. The summed E-state index contributed by atoms with van der Waals surface area (Å²) in [6.45, 7) is 9.69. The van der Waals surface area contributed by atoms with E-state index in [-0.39, 0.29) is 0 Å². The number of aromatic amines is 1. The molecule has 9 nitrogen and oxygen atoms in total. The highest BCUT2D eigenvalue weighted by Gasteiger charge is 2.31. The lowest BCUT2D eigenvalue weighted by Gasteiger charge is -2.37. The van der Waals surface area contributed by atoms with Crippen LogP contribution in [-0.4, -0.2) is 79.6 Å². The van der Waals surface area contributed by atoms with Crippen molar-refractivity contribution in [3.05, 3.63) is 42.5 Å². The van der Waals surface area contributed by atoms with Gasteiger partial charge < -0.3 is 14.7 Å². The van der Waals surface area contributed by atoms with Gasteiger partial charge in [-0.25, -0.2) is 9.97 Å². The molecule has 0 spiro atoms. The Morgan fingerprint density at radius 3 is 2.69 bits per heavy atom. The van der Waals surface area contributed by atoms with Crippen molar-refractivity contribution in [2.75, 3.05) is 44.3 Å². The summed E-state index contributed by atoms with van der Waals surface area (Å²) in [6.07, 6.45) is 8.00. The minimum atomic E-state index is -0.614. The Balaban J connectivity index is 1.39. The lowest BCUT2D eigenvalue weighted by atomic mass is 9.83. The zero-order valence-corrected chi connectivity index (χ0v) is 20.4. The van der Waals surface area contributed by atoms with Crippen molar-refractivity contribution in [3.63, 3.8) is 0 Å². The molecule has 35 heavy (non-hydrogen) atoms. The van der Waals surface area contributed by atoms with E-state index < -0.39 is 5.60 Å². The average molecular weight is 476 g/mol. The van der Waals surface area contributed by atoms with Gasteiger partial charge in [0.2, 0.25) is 0 Å². The van der Waals surface area contributed by atoms with Crippen molar-refractivity contribution in [2.24, 2.45) is 5.92 Å². The lowest BCUT2D eigenvalue weighted by molar-refractivity contribution is -0.0137. The maximum absolute atomic E-state index is 10.4. The van der Waals surface area contributed by atoms with E-state index in [0.717, 1.165) is 84.9 Å². The van der Waals surface area contributed by atoms with E-state index in [1.807, 2.05) is 38.4 Å². The molecular formula is C26H33N7O2. The molecule has 1 aromatic carbocycles. The normalized spacial score (nSPS) is 18.7. The minimum absolute atomic E-state index is 0.347. The summed E-state index contributed by atoms with van der Waals surface area (Å²) in [6, 6.07) is 6.16. The molecule has 0 aliphatic carbocycles. The molecule has 6 rings (SSSR count). The molecule has 184 valence electrons. The fourth-order valence-corrected chi connectivity index (χ4v) is 5.47. The second-order valence-electron chi connectivity index (χ2n) is 10.3. The Kier molecular flexibility index (Phi) is 5.70. The number of piperidine rings is 1. The van der Waals surface area contributed by atoms with Gasteiger partial charge in [-0.1, -0.05) is 12.1 Å². The van der Waals surface area contributed by atoms with Crippen LogP contribution >= 0.6 is 0 Å². The highest BCUT2D eigenvalue weighted by Crippen LogP contribution is 2.32. The van der Waals surface area contributed by atoms with Gasteiger partial charge in [0, 0.05) is 30.6 Å². The summed E-state index contributed by atoms with van der Waals surface area (Å²) in [5.41, 5.74) is 4.28. The van der Waals surface area contributed by atoms with Gasteiger partial charge in [-0.15, -0.1) is 0 Å². The predicted octanol–water partition coefficient (Wildman–Crippen LogP) is 3.09. The van der Waals surface area contributed by atoms with Gasteiger partial charge in [0.25, 0.3) is 0 Å². The number of imidazole rings is 1.